The van der Waals surface area contributed by atoms with Gasteiger partial charge in [-0.1, -0.05) is 36.8 Å². The fraction of sp³-hybridized carbons (Fsp3) is 0.238. The van der Waals surface area contributed by atoms with E-state index in [-0.39, 0.29) is 0 Å². The summed E-state index contributed by atoms with van der Waals surface area (Å²) < 4.78 is 5.56. The summed E-state index contributed by atoms with van der Waals surface area (Å²) in [5.41, 5.74) is 5.78. The highest BCUT2D eigenvalue weighted by Gasteiger charge is 2.23. The number of aromatic nitrogens is 1. The number of hydrogen-bond acceptors (Lipinski definition) is 3. The van der Waals surface area contributed by atoms with Crippen LogP contribution in [-0.2, 0) is 12.8 Å². The second-order valence-electron chi connectivity index (χ2n) is 6.15. The number of benzene rings is 1. The maximum atomic E-state index is 9.90. The number of fused-ring (bicyclic) bond motifs is 1. The van der Waals surface area contributed by atoms with E-state index in [4.69, 9.17) is 9.40 Å². The first-order valence-corrected chi connectivity index (χ1v) is 8.43. The van der Waals surface area contributed by atoms with Gasteiger partial charge in [-0.3, -0.25) is 0 Å². The Morgan fingerprint density at radius 3 is 2.54 bits per heavy atom. The lowest BCUT2D eigenvalue weighted by molar-refractivity contribution is 0.579. The number of furan rings is 1. The summed E-state index contributed by atoms with van der Waals surface area (Å²) in [4.78, 5) is 4.86. The Hall–Kier alpha value is -2.86. The number of rotatable bonds is 2. The first-order chi connectivity index (χ1) is 11.9. The molecule has 1 aromatic carbocycles. The van der Waals surface area contributed by atoms with Crippen molar-refractivity contribution in [2.24, 2.45) is 0 Å². The second kappa shape index (κ2) is 6.33. The van der Waals surface area contributed by atoms with E-state index in [1.807, 2.05) is 30.3 Å². The molecular formula is C21H18N2O. The highest BCUT2D eigenvalue weighted by molar-refractivity contribution is 5.81. The minimum Gasteiger partial charge on any atom is -0.463 e. The lowest BCUT2D eigenvalue weighted by Gasteiger charge is -2.16. The van der Waals surface area contributed by atoms with Crippen LogP contribution in [0.25, 0.3) is 22.6 Å². The highest BCUT2D eigenvalue weighted by Crippen LogP contribution is 2.37. The predicted octanol–water partition coefficient (Wildman–Crippen LogP) is 5.15. The topological polar surface area (TPSA) is 49.8 Å². The van der Waals surface area contributed by atoms with Crippen molar-refractivity contribution in [3.8, 4) is 28.7 Å². The van der Waals surface area contributed by atoms with Crippen LogP contribution in [0.3, 0.4) is 0 Å². The van der Waals surface area contributed by atoms with Crippen LogP contribution in [-0.4, -0.2) is 4.98 Å². The summed E-state index contributed by atoms with van der Waals surface area (Å²) in [6.07, 6.45) is 7.10. The van der Waals surface area contributed by atoms with Crippen LogP contribution in [0.1, 0.15) is 36.1 Å². The summed E-state index contributed by atoms with van der Waals surface area (Å²) >= 11 is 0. The fourth-order valence-corrected chi connectivity index (χ4v) is 3.54. The first-order valence-electron chi connectivity index (χ1n) is 8.43. The third-order valence-corrected chi connectivity index (χ3v) is 4.65. The molecule has 1 aliphatic carbocycles. The SMILES string of the molecule is N#Cc1c(-c2ccco2)nc2c(c1-c1ccccc1)CCCCC2. The van der Waals surface area contributed by atoms with Crippen LogP contribution in [0.15, 0.2) is 53.1 Å². The van der Waals surface area contributed by atoms with E-state index in [9.17, 15) is 5.26 Å². The zero-order valence-corrected chi connectivity index (χ0v) is 13.5. The minimum atomic E-state index is 0.622. The Morgan fingerprint density at radius 2 is 1.79 bits per heavy atom. The Balaban J connectivity index is 2.05. The maximum Gasteiger partial charge on any atom is 0.153 e. The zero-order valence-electron chi connectivity index (χ0n) is 13.5. The van der Waals surface area contributed by atoms with Gasteiger partial charge in [0.15, 0.2) is 5.76 Å². The molecule has 0 spiro atoms. The molecule has 118 valence electrons. The van der Waals surface area contributed by atoms with Crippen molar-refractivity contribution in [1.29, 1.82) is 5.26 Å². The quantitative estimate of drug-likeness (QED) is 0.615. The van der Waals surface area contributed by atoms with Crippen molar-refractivity contribution in [1.82, 2.24) is 4.98 Å². The molecule has 0 saturated heterocycles. The molecular weight excluding hydrogens is 296 g/mol. The van der Waals surface area contributed by atoms with E-state index in [2.05, 4.69) is 18.2 Å². The largest absolute Gasteiger partial charge is 0.463 e. The zero-order chi connectivity index (χ0) is 16.4. The van der Waals surface area contributed by atoms with Gasteiger partial charge in [0, 0.05) is 11.3 Å². The second-order valence-corrected chi connectivity index (χ2v) is 6.15. The third kappa shape index (κ3) is 2.51. The molecule has 0 aliphatic heterocycles. The van der Waals surface area contributed by atoms with Gasteiger partial charge >= 0.3 is 0 Å². The van der Waals surface area contributed by atoms with E-state index >= 15 is 0 Å². The Morgan fingerprint density at radius 1 is 0.958 bits per heavy atom. The molecule has 1 aliphatic rings. The van der Waals surface area contributed by atoms with Gasteiger partial charge in [0.05, 0.1) is 11.8 Å². The van der Waals surface area contributed by atoms with E-state index in [0.29, 0.717) is 17.0 Å². The van der Waals surface area contributed by atoms with E-state index < -0.39 is 0 Å². The molecule has 0 amide bonds. The fourth-order valence-electron chi connectivity index (χ4n) is 3.54. The van der Waals surface area contributed by atoms with Gasteiger partial charge in [0.2, 0.25) is 0 Å². The van der Waals surface area contributed by atoms with Crippen LogP contribution >= 0.6 is 0 Å². The summed E-state index contributed by atoms with van der Waals surface area (Å²) in [6, 6.07) is 16.3. The Labute approximate surface area is 141 Å². The van der Waals surface area contributed by atoms with Gasteiger partial charge in [-0.2, -0.15) is 5.26 Å². The van der Waals surface area contributed by atoms with E-state index in [0.717, 1.165) is 42.5 Å². The minimum absolute atomic E-state index is 0.622. The number of aryl methyl sites for hydroxylation is 1. The molecule has 0 bridgehead atoms. The average Bonchev–Trinajstić information content (AvgIpc) is 3.06. The number of pyridine rings is 1. The van der Waals surface area contributed by atoms with Gasteiger partial charge in [0.25, 0.3) is 0 Å². The molecule has 24 heavy (non-hydrogen) atoms. The Bertz CT molecular complexity index is 890. The average molecular weight is 314 g/mol. The van der Waals surface area contributed by atoms with Crippen LogP contribution in [0.2, 0.25) is 0 Å². The van der Waals surface area contributed by atoms with Crippen molar-refractivity contribution in [3.63, 3.8) is 0 Å². The van der Waals surface area contributed by atoms with E-state index in [1.165, 1.54) is 12.0 Å². The van der Waals surface area contributed by atoms with Crippen molar-refractivity contribution in [3.05, 3.63) is 65.5 Å². The van der Waals surface area contributed by atoms with Gasteiger partial charge in [-0.15, -0.1) is 0 Å². The van der Waals surface area contributed by atoms with Crippen molar-refractivity contribution in [2.45, 2.75) is 32.1 Å². The van der Waals surface area contributed by atoms with Gasteiger partial charge < -0.3 is 4.42 Å². The Kier molecular flexibility index (Phi) is 3.88. The molecule has 0 unspecified atom stereocenters. The molecule has 0 saturated carbocycles. The van der Waals surface area contributed by atoms with Crippen LogP contribution < -0.4 is 0 Å². The standard InChI is InChI=1S/C21H18N2O/c22-14-17-20(15-8-3-1-4-9-15)16-10-5-2-6-11-18(16)23-21(17)19-12-7-13-24-19/h1,3-4,7-9,12-13H,2,5-6,10-11H2. The monoisotopic (exact) mass is 314 g/mol. The van der Waals surface area contributed by atoms with Gasteiger partial charge in [-0.25, -0.2) is 4.98 Å². The summed E-state index contributed by atoms with van der Waals surface area (Å²) in [5, 5.41) is 9.90. The normalized spacial score (nSPS) is 13.8. The smallest absolute Gasteiger partial charge is 0.153 e. The van der Waals surface area contributed by atoms with Crippen LogP contribution in [0, 0.1) is 11.3 Å². The predicted molar refractivity (Wildman–Crippen MR) is 93.3 cm³/mol. The lowest BCUT2D eigenvalue weighted by atomic mass is 9.90. The molecule has 4 rings (SSSR count). The van der Waals surface area contributed by atoms with Crippen molar-refractivity contribution in [2.75, 3.05) is 0 Å². The summed E-state index contributed by atoms with van der Waals surface area (Å²) in [5.74, 6) is 0.663. The lowest BCUT2D eigenvalue weighted by Crippen LogP contribution is -2.05. The molecule has 0 fully saturated rings. The van der Waals surface area contributed by atoms with Crippen LogP contribution in [0.4, 0.5) is 0 Å². The van der Waals surface area contributed by atoms with Crippen molar-refractivity contribution < 1.29 is 4.42 Å². The number of hydrogen-bond donors (Lipinski definition) is 0. The highest BCUT2D eigenvalue weighted by atomic mass is 16.3. The van der Waals surface area contributed by atoms with Gasteiger partial charge in [0.1, 0.15) is 11.8 Å². The first kappa shape index (κ1) is 14.7. The molecule has 0 N–H and O–H groups in total. The molecule has 0 atom stereocenters. The summed E-state index contributed by atoms with van der Waals surface area (Å²) in [7, 11) is 0. The van der Waals surface area contributed by atoms with Crippen LogP contribution in [0.5, 0.6) is 0 Å². The molecule has 3 nitrogen and oxygen atoms in total. The summed E-state index contributed by atoms with van der Waals surface area (Å²) in [6.45, 7) is 0. The number of nitrogens with zero attached hydrogens (tertiary/aromatic N) is 2. The number of nitriles is 1. The molecule has 2 aromatic heterocycles. The third-order valence-electron chi connectivity index (χ3n) is 4.65. The molecule has 3 aromatic rings. The van der Waals surface area contributed by atoms with E-state index in [1.54, 1.807) is 6.26 Å². The molecule has 3 heteroatoms. The maximum absolute atomic E-state index is 9.90. The molecule has 0 radical (unpaired) electrons. The molecule has 2 heterocycles. The van der Waals surface area contributed by atoms with Gasteiger partial charge in [-0.05, 0) is 48.9 Å². The van der Waals surface area contributed by atoms with Crippen molar-refractivity contribution >= 4 is 0 Å².